The van der Waals surface area contributed by atoms with Crippen LogP contribution < -0.4 is 15.8 Å². The third kappa shape index (κ3) is 3.02. The molecule has 0 radical (unpaired) electrons. The van der Waals surface area contributed by atoms with Crippen LogP contribution in [0.3, 0.4) is 0 Å². The van der Waals surface area contributed by atoms with Gasteiger partial charge in [0.2, 0.25) is 5.95 Å². The molecule has 18 heavy (non-hydrogen) atoms. The largest absolute Gasteiger partial charge is 0.495 e. The van der Waals surface area contributed by atoms with E-state index in [1.807, 2.05) is 0 Å². The van der Waals surface area contributed by atoms with Crippen LogP contribution in [-0.4, -0.2) is 17.1 Å². The summed E-state index contributed by atoms with van der Waals surface area (Å²) in [6.07, 6.45) is 0. The molecule has 2 aromatic rings. The van der Waals surface area contributed by atoms with Gasteiger partial charge in [-0.25, -0.2) is 4.98 Å². The summed E-state index contributed by atoms with van der Waals surface area (Å²) in [6, 6.07) is 6.83. The first-order valence-electron chi connectivity index (χ1n) is 4.99. The number of rotatable bonds is 3. The molecule has 0 fully saturated rings. The zero-order chi connectivity index (χ0) is 13.1. The highest BCUT2D eigenvalue weighted by Crippen LogP contribution is 2.29. The fraction of sp³-hybridized carbons (Fsp3) is 0.0909. The Bertz CT molecular complexity index is 559. The van der Waals surface area contributed by atoms with Crippen LogP contribution in [-0.2, 0) is 0 Å². The minimum Gasteiger partial charge on any atom is -0.495 e. The van der Waals surface area contributed by atoms with Crippen molar-refractivity contribution < 1.29 is 4.74 Å². The van der Waals surface area contributed by atoms with E-state index in [0.29, 0.717) is 32.8 Å². The second-order valence-electron chi connectivity index (χ2n) is 3.41. The van der Waals surface area contributed by atoms with Gasteiger partial charge >= 0.3 is 0 Å². The van der Waals surface area contributed by atoms with E-state index in [-0.39, 0.29) is 0 Å². The van der Waals surface area contributed by atoms with Crippen LogP contribution in [0.15, 0.2) is 28.9 Å². The molecule has 3 N–H and O–H groups in total. The van der Waals surface area contributed by atoms with E-state index in [0.717, 1.165) is 0 Å². The monoisotopic (exact) mass is 328 g/mol. The summed E-state index contributed by atoms with van der Waals surface area (Å²) < 4.78 is 5.81. The van der Waals surface area contributed by atoms with Gasteiger partial charge in [-0.15, -0.1) is 0 Å². The fourth-order valence-electron chi connectivity index (χ4n) is 1.39. The maximum atomic E-state index is 5.93. The second-order valence-corrected chi connectivity index (χ2v) is 4.66. The molecule has 0 aliphatic rings. The van der Waals surface area contributed by atoms with Crippen molar-refractivity contribution in [2.24, 2.45) is 0 Å². The lowest BCUT2D eigenvalue weighted by Crippen LogP contribution is -2.02. The molecule has 0 bridgehead atoms. The standard InChI is InChI=1S/C11H10BrClN4O/c1-18-8-3-2-6(13)4-7(8)15-11-16-9(12)5-10(14)17-11/h2-5H,1H3,(H3,14,15,16,17). The average molecular weight is 330 g/mol. The van der Waals surface area contributed by atoms with Crippen LogP contribution in [0.4, 0.5) is 17.5 Å². The number of halogens is 2. The third-order valence-corrected chi connectivity index (χ3v) is 2.76. The zero-order valence-corrected chi connectivity index (χ0v) is 11.8. The van der Waals surface area contributed by atoms with E-state index in [1.165, 1.54) is 0 Å². The predicted molar refractivity (Wildman–Crippen MR) is 75.4 cm³/mol. The topological polar surface area (TPSA) is 73.1 Å². The summed E-state index contributed by atoms with van der Waals surface area (Å²) in [6.45, 7) is 0. The number of ether oxygens (including phenoxy) is 1. The van der Waals surface area contributed by atoms with Crippen molar-refractivity contribution in [3.63, 3.8) is 0 Å². The highest BCUT2D eigenvalue weighted by molar-refractivity contribution is 9.10. The van der Waals surface area contributed by atoms with E-state index in [1.54, 1.807) is 31.4 Å². The first-order valence-corrected chi connectivity index (χ1v) is 6.16. The normalized spacial score (nSPS) is 10.2. The van der Waals surface area contributed by atoms with E-state index in [4.69, 9.17) is 22.1 Å². The molecule has 0 saturated carbocycles. The lowest BCUT2D eigenvalue weighted by atomic mass is 10.3. The van der Waals surface area contributed by atoms with Gasteiger partial charge < -0.3 is 15.8 Å². The number of methoxy groups -OCH3 is 1. The van der Waals surface area contributed by atoms with Gasteiger partial charge in [-0.1, -0.05) is 11.6 Å². The second kappa shape index (κ2) is 5.41. The molecular formula is C11H10BrClN4O. The Balaban J connectivity index is 2.35. The van der Waals surface area contributed by atoms with Crippen LogP contribution in [0.1, 0.15) is 0 Å². The van der Waals surface area contributed by atoms with Crippen molar-refractivity contribution in [2.75, 3.05) is 18.2 Å². The summed E-state index contributed by atoms with van der Waals surface area (Å²) in [7, 11) is 1.57. The van der Waals surface area contributed by atoms with E-state index < -0.39 is 0 Å². The van der Waals surface area contributed by atoms with Crippen molar-refractivity contribution in [3.8, 4) is 5.75 Å². The molecule has 5 nitrogen and oxygen atoms in total. The maximum Gasteiger partial charge on any atom is 0.230 e. The van der Waals surface area contributed by atoms with Crippen molar-refractivity contribution in [2.45, 2.75) is 0 Å². The Labute approximate surface area is 117 Å². The Morgan fingerprint density at radius 3 is 2.78 bits per heavy atom. The van der Waals surface area contributed by atoms with Gasteiger partial charge in [-0.2, -0.15) is 4.98 Å². The smallest absolute Gasteiger partial charge is 0.230 e. The fourth-order valence-corrected chi connectivity index (χ4v) is 1.96. The Hall–Kier alpha value is -1.53. The molecule has 0 atom stereocenters. The van der Waals surface area contributed by atoms with Gasteiger partial charge in [0.15, 0.2) is 0 Å². The molecule has 1 heterocycles. The minimum atomic E-state index is 0.361. The van der Waals surface area contributed by atoms with E-state index >= 15 is 0 Å². The highest BCUT2D eigenvalue weighted by Gasteiger charge is 2.07. The van der Waals surface area contributed by atoms with Crippen molar-refractivity contribution in [3.05, 3.63) is 33.9 Å². The predicted octanol–water partition coefficient (Wildman–Crippen LogP) is 3.23. The number of benzene rings is 1. The van der Waals surface area contributed by atoms with Crippen LogP contribution in [0.25, 0.3) is 0 Å². The molecular weight excluding hydrogens is 320 g/mol. The van der Waals surface area contributed by atoms with Crippen molar-refractivity contribution >= 4 is 45.0 Å². The first kappa shape index (κ1) is 12.9. The van der Waals surface area contributed by atoms with Crippen molar-refractivity contribution in [1.29, 1.82) is 0 Å². The summed E-state index contributed by atoms with van der Waals surface area (Å²) in [4.78, 5) is 8.21. The molecule has 0 aliphatic carbocycles. The number of hydrogen-bond donors (Lipinski definition) is 2. The third-order valence-electron chi connectivity index (χ3n) is 2.12. The molecule has 1 aromatic heterocycles. The van der Waals surface area contributed by atoms with Crippen LogP contribution >= 0.6 is 27.5 Å². The maximum absolute atomic E-state index is 5.93. The quantitative estimate of drug-likeness (QED) is 0.846. The lowest BCUT2D eigenvalue weighted by Gasteiger charge is -2.10. The Kier molecular flexibility index (Phi) is 3.88. The lowest BCUT2D eigenvalue weighted by molar-refractivity contribution is 0.417. The van der Waals surface area contributed by atoms with Gasteiger partial charge in [0, 0.05) is 11.1 Å². The van der Waals surface area contributed by atoms with Crippen LogP contribution in [0.5, 0.6) is 5.75 Å². The molecule has 0 unspecified atom stereocenters. The molecule has 0 amide bonds. The summed E-state index contributed by atoms with van der Waals surface area (Å²) in [5, 5.41) is 3.59. The number of nitrogens with zero attached hydrogens (tertiary/aromatic N) is 2. The average Bonchev–Trinajstić information content (AvgIpc) is 2.27. The summed E-state index contributed by atoms with van der Waals surface area (Å²) >= 11 is 9.18. The SMILES string of the molecule is COc1ccc(Cl)cc1Nc1nc(N)cc(Br)n1. The molecule has 0 aliphatic heterocycles. The van der Waals surface area contributed by atoms with Gasteiger partial charge in [0.1, 0.15) is 16.2 Å². The van der Waals surface area contributed by atoms with Gasteiger partial charge in [0.25, 0.3) is 0 Å². The summed E-state index contributed by atoms with van der Waals surface area (Å²) in [5.74, 6) is 1.37. The summed E-state index contributed by atoms with van der Waals surface area (Å²) in [5.41, 5.74) is 6.30. The van der Waals surface area contributed by atoms with Crippen molar-refractivity contribution in [1.82, 2.24) is 9.97 Å². The van der Waals surface area contributed by atoms with E-state index in [9.17, 15) is 0 Å². The molecule has 7 heteroatoms. The van der Waals surface area contributed by atoms with Crippen LogP contribution in [0.2, 0.25) is 5.02 Å². The number of nitrogens with one attached hydrogen (secondary N) is 1. The van der Waals surface area contributed by atoms with Crippen LogP contribution in [0, 0.1) is 0 Å². The minimum absolute atomic E-state index is 0.361. The number of nitrogen functional groups attached to an aromatic ring is 1. The van der Waals surface area contributed by atoms with Gasteiger partial charge in [0.05, 0.1) is 12.8 Å². The molecule has 0 spiro atoms. The van der Waals surface area contributed by atoms with E-state index in [2.05, 4.69) is 31.2 Å². The highest BCUT2D eigenvalue weighted by atomic mass is 79.9. The zero-order valence-electron chi connectivity index (χ0n) is 9.45. The van der Waals surface area contributed by atoms with Gasteiger partial charge in [-0.05, 0) is 34.1 Å². The number of anilines is 3. The Morgan fingerprint density at radius 2 is 2.11 bits per heavy atom. The number of hydrogen-bond acceptors (Lipinski definition) is 5. The molecule has 94 valence electrons. The number of aromatic nitrogens is 2. The Morgan fingerprint density at radius 1 is 1.33 bits per heavy atom. The molecule has 0 saturated heterocycles. The molecule has 2 rings (SSSR count). The number of nitrogens with two attached hydrogens (primary N) is 1. The van der Waals surface area contributed by atoms with Gasteiger partial charge in [-0.3, -0.25) is 0 Å². The molecule has 1 aromatic carbocycles. The first-order chi connectivity index (χ1) is 8.58.